The molecule has 0 heterocycles. The van der Waals surface area contributed by atoms with Crippen LogP contribution in [-0.4, -0.2) is 7.11 Å². The van der Waals surface area contributed by atoms with Gasteiger partial charge in [-0.05, 0) is 29.8 Å². The van der Waals surface area contributed by atoms with Crippen molar-refractivity contribution >= 4 is 15.9 Å². The van der Waals surface area contributed by atoms with E-state index in [0.29, 0.717) is 11.3 Å². The van der Waals surface area contributed by atoms with E-state index >= 15 is 0 Å². The van der Waals surface area contributed by atoms with E-state index in [0.717, 1.165) is 10.0 Å². The van der Waals surface area contributed by atoms with Crippen LogP contribution in [0.1, 0.15) is 0 Å². The van der Waals surface area contributed by atoms with Gasteiger partial charge in [-0.1, -0.05) is 34.1 Å². The van der Waals surface area contributed by atoms with E-state index in [1.807, 2.05) is 24.3 Å². The molecule has 0 saturated heterocycles. The number of hydrogen-bond acceptors (Lipinski definition) is 1. The molecule has 2 rings (SSSR count). The van der Waals surface area contributed by atoms with Crippen LogP contribution < -0.4 is 4.74 Å². The molecule has 0 spiro atoms. The molecule has 16 heavy (non-hydrogen) atoms. The molecule has 0 aliphatic heterocycles. The lowest BCUT2D eigenvalue weighted by Crippen LogP contribution is -1.91. The molecule has 1 nitrogen and oxygen atoms in total. The highest BCUT2D eigenvalue weighted by Gasteiger charge is 2.11. The van der Waals surface area contributed by atoms with E-state index in [2.05, 4.69) is 15.9 Å². The zero-order valence-corrected chi connectivity index (χ0v) is 10.3. The SMILES string of the molecule is COc1cccc(F)c1-c1cccc(Br)c1. The van der Waals surface area contributed by atoms with Gasteiger partial charge in [-0.25, -0.2) is 4.39 Å². The zero-order valence-electron chi connectivity index (χ0n) is 8.71. The fraction of sp³-hybridized carbons (Fsp3) is 0.0769. The Hall–Kier alpha value is -1.35. The van der Waals surface area contributed by atoms with E-state index < -0.39 is 0 Å². The van der Waals surface area contributed by atoms with Gasteiger partial charge in [0.25, 0.3) is 0 Å². The fourth-order valence-corrected chi connectivity index (χ4v) is 2.00. The third kappa shape index (κ3) is 2.09. The van der Waals surface area contributed by atoms with Crippen LogP contribution in [0.25, 0.3) is 11.1 Å². The molecular formula is C13H10BrFO. The second kappa shape index (κ2) is 4.66. The molecule has 0 aliphatic rings. The quantitative estimate of drug-likeness (QED) is 0.799. The van der Waals surface area contributed by atoms with E-state index in [9.17, 15) is 4.39 Å². The van der Waals surface area contributed by atoms with E-state index in [1.54, 1.807) is 12.1 Å². The molecule has 0 fully saturated rings. The molecule has 0 N–H and O–H groups in total. The third-order valence-electron chi connectivity index (χ3n) is 2.31. The Labute approximate surface area is 102 Å². The summed E-state index contributed by atoms with van der Waals surface area (Å²) in [7, 11) is 1.54. The predicted molar refractivity (Wildman–Crippen MR) is 66.1 cm³/mol. The molecule has 2 aromatic carbocycles. The third-order valence-corrected chi connectivity index (χ3v) is 2.80. The van der Waals surface area contributed by atoms with E-state index in [1.165, 1.54) is 13.2 Å². The van der Waals surface area contributed by atoms with Crippen LogP contribution in [0, 0.1) is 5.82 Å². The van der Waals surface area contributed by atoms with Crippen molar-refractivity contribution in [3.63, 3.8) is 0 Å². The van der Waals surface area contributed by atoms with Gasteiger partial charge in [-0.15, -0.1) is 0 Å². The van der Waals surface area contributed by atoms with Gasteiger partial charge in [0.15, 0.2) is 0 Å². The Balaban J connectivity index is 2.63. The highest BCUT2D eigenvalue weighted by molar-refractivity contribution is 9.10. The predicted octanol–water partition coefficient (Wildman–Crippen LogP) is 4.26. The average Bonchev–Trinajstić information content (AvgIpc) is 2.28. The first-order valence-corrected chi connectivity index (χ1v) is 5.60. The van der Waals surface area contributed by atoms with Gasteiger partial charge >= 0.3 is 0 Å². The van der Waals surface area contributed by atoms with Crippen LogP contribution >= 0.6 is 15.9 Å². The summed E-state index contributed by atoms with van der Waals surface area (Å²) in [5, 5.41) is 0. The van der Waals surface area contributed by atoms with Gasteiger partial charge in [-0.2, -0.15) is 0 Å². The standard InChI is InChI=1S/C13H10BrFO/c1-16-12-7-3-6-11(15)13(12)9-4-2-5-10(14)8-9/h2-8H,1H3. The molecule has 0 unspecified atom stereocenters. The molecule has 0 saturated carbocycles. The minimum atomic E-state index is -0.280. The topological polar surface area (TPSA) is 9.23 Å². The van der Waals surface area contributed by atoms with Crippen molar-refractivity contribution in [2.45, 2.75) is 0 Å². The molecule has 82 valence electrons. The Morgan fingerprint density at radius 3 is 2.56 bits per heavy atom. The lowest BCUT2D eigenvalue weighted by atomic mass is 10.0. The normalized spacial score (nSPS) is 10.2. The minimum Gasteiger partial charge on any atom is -0.496 e. The number of hydrogen-bond donors (Lipinski definition) is 0. The second-order valence-electron chi connectivity index (χ2n) is 3.33. The molecule has 0 amide bonds. The van der Waals surface area contributed by atoms with Crippen molar-refractivity contribution < 1.29 is 9.13 Å². The summed E-state index contributed by atoms with van der Waals surface area (Å²) < 4.78 is 19.8. The van der Waals surface area contributed by atoms with Crippen molar-refractivity contribution in [3.05, 3.63) is 52.8 Å². The van der Waals surface area contributed by atoms with Crippen molar-refractivity contribution in [1.82, 2.24) is 0 Å². The monoisotopic (exact) mass is 280 g/mol. The Bertz CT molecular complexity index is 511. The highest BCUT2D eigenvalue weighted by atomic mass is 79.9. The molecule has 0 radical (unpaired) electrons. The number of ether oxygens (including phenoxy) is 1. The molecular weight excluding hydrogens is 271 g/mol. The Morgan fingerprint density at radius 1 is 1.12 bits per heavy atom. The number of methoxy groups -OCH3 is 1. The molecule has 0 bridgehead atoms. The molecule has 3 heteroatoms. The first kappa shape index (κ1) is 11.1. The van der Waals surface area contributed by atoms with Gasteiger partial charge < -0.3 is 4.74 Å². The van der Waals surface area contributed by atoms with Crippen LogP contribution in [0.2, 0.25) is 0 Å². The van der Waals surface area contributed by atoms with Crippen molar-refractivity contribution in [3.8, 4) is 16.9 Å². The maximum atomic E-state index is 13.8. The fourth-order valence-electron chi connectivity index (χ4n) is 1.60. The molecule has 2 aromatic rings. The molecule has 0 aliphatic carbocycles. The second-order valence-corrected chi connectivity index (χ2v) is 4.24. The minimum absolute atomic E-state index is 0.280. The average molecular weight is 281 g/mol. The largest absolute Gasteiger partial charge is 0.496 e. The van der Waals surface area contributed by atoms with E-state index in [-0.39, 0.29) is 5.82 Å². The summed E-state index contributed by atoms with van der Waals surface area (Å²) in [6.45, 7) is 0. The van der Waals surface area contributed by atoms with Gasteiger partial charge in [0.2, 0.25) is 0 Å². The first-order chi connectivity index (χ1) is 7.72. The summed E-state index contributed by atoms with van der Waals surface area (Å²) in [5.41, 5.74) is 1.29. The lowest BCUT2D eigenvalue weighted by molar-refractivity contribution is 0.413. The summed E-state index contributed by atoms with van der Waals surface area (Å²) in [4.78, 5) is 0. The maximum absolute atomic E-state index is 13.8. The van der Waals surface area contributed by atoms with Crippen LogP contribution in [-0.2, 0) is 0 Å². The van der Waals surface area contributed by atoms with Crippen LogP contribution in [0.4, 0.5) is 4.39 Å². The van der Waals surface area contributed by atoms with Crippen LogP contribution in [0.3, 0.4) is 0 Å². The molecule has 0 aromatic heterocycles. The summed E-state index contributed by atoms with van der Waals surface area (Å²) in [6.07, 6.45) is 0. The van der Waals surface area contributed by atoms with Crippen molar-refractivity contribution in [1.29, 1.82) is 0 Å². The van der Waals surface area contributed by atoms with Crippen LogP contribution in [0.15, 0.2) is 46.9 Å². The highest BCUT2D eigenvalue weighted by Crippen LogP contribution is 2.33. The summed E-state index contributed by atoms with van der Waals surface area (Å²) in [5.74, 6) is 0.260. The van der Waals surface area contributed by atoms with Crippen molar-refractivity contribution in [2.24, 2.45) is 0 Å². The lowest BCUT2D eigenvalue weighted by Gasteiger charge is -2.09. The molecule has 0 atom stereocenters. The smallest absolute Gasteiger partial charge is 0.134 e. The van der Waals surface area contributed by atoms with Crippen LogP contribution in [0.5, 0.6) is 5.75 Å². The zero-order chi connectivity index (χ0) is 11.5. The Kier molecular flexibility index (Phi) is 3.25. The number of benzene rings is 2. The first-order valence-electron chi connectivity index (χ1n) is 4.81. The number of rotatable bonds is 2. The summed E-state index contributed by atoms with van der Waals surface area (Å²) in [6, 6.07) is 12.3. The summed E-state index contributed by atoms with van der Waals surface area (Å²) >= 11 is 3.37. The van der Waals surface area contributed by atoms with Gasteiger partial charge in [0.05, 0.1) is 12.7 Å². The maximum Gasteiger partial charge on any atom is 0.134 e. The van der Waals surface area contributed by atoms with Gasteiger partial charge in [-0.3, -0.25) is 0 Å². The Morgan fingerprint density at radius 2 is 1.88 bits per heavy atom. The van der Waals surface area contributed by atoms with Crippen molar-refractivity contribution in [2.75, 3.05) is 7.11 Å². The van der Waals surface area contributed by atoms with E-state index in [4.69, 9.17) is 4.74 Å². The van der Waals surface area contributed by atoms with Gasteiger partial charge in [0.1, 0.15) is 11.6 Å². The number of halogens is 2. The van der Waals surface area contributed by atoms with Gasteiger partial charge in [0, 0.05) is 4.47 Å².